The molecule has 1 aromatic heterocycles. The molecule has 20 heavy (non-hydrogen) atoms. The molecule has 0 radical (unpaired) electrons. The maximum Gasteiger partial charge on any atom is 0.183 e. The number of carbonyl (C=O) groups excluding carboxylic acids is 1. The van der Waals surface area contributed by atoms with Gasteiger partial charge >= 0.3 is 0 Å². The number of hydrogen-bond acceptors (Lipinski definition) is 3. The fourth-order valence-corrected chi connectivity index (χ4v) is 2.97. The van der Waals surface area contributed by atoms with Gasteiger partial charge in [0.1, 0.15) is 0 Å². The van der Waals surface area contributed by atoms with Crippen LogP contribution in [-0.4, -0.2) is 35.3 Å². The highest BCUT2D eigenvalue weighted by Crippen LogP contribution is 2.29. The third-order valence-corrected chi connectivity index (χ3v) is 4.38. The van der Waals surface area contributed by atoms with Crippen LogP contribution in [0, 0.1) is 0 Å². The van der Waals surface area contributed by atoms with E-state index < -0.39 is 5.54 Å². The van der Waals surface area contributed by atoms with Gasteiger partial charge < -0.3 is 0 Å². The third kappa shape index (κ3) is 2.22. The van der Waals surface area contributed by atoms with E-state index in [4.69, 9.17) is 0 Å². The van der Waals surface area contributed by atoms with Crippen molar-refractivity contribution in [1.29, 1.82) is 0 Å². The van der Waals surface area contributed by atoms with Crippen LogP contribution in [0.2, 0.25) is 0 Å². The molecule has 0 N–H and O–H groups in total. The van der Waals surface area contributed by atoms with Crippen molar-refractivity contribution >= 4 is 16.6 Å². The molecule has 1 aromatic carbocycles. The zero-order valence-electron chi connectivity index (χ0n) is 12.7. The molecule has 0 saturated heterocycles. The van der Waals surface area contributed by atoms with Crippen molar-refractivity contribution < 1.29 is 4.79 Å². The van der Waals surface area contributed by atoms with Gasteiger partial charge in [-0.3, -0.25) is 14.7 Å². The summed E-state index contributed by atoms with van der Waals surface area (Å²) in [5.41, 5.74) is 0.331. The summed E-state index contributed by atoms with van der Waals surface area (Å²) in [6.45, 7) is 4.15. The molecule has 0 aliphatic carbocycles. The van der Waals surface area contributed by atoms with Gasteiger partial charge in [0.2, 0.25) is 0 Å². The third-order valence-electron chi connectivity index (χ3n) is 4.38. The first-order valence-electron chi connectivity index (χ1n) is 7.11. The number of aromatic nitrogens is 1. The van der Waals surface area contributed by atoms with Crippen LogP contribution in [0.1, 0.15) is 37.0 Å². The van der Waals surface area contributed by atoms with Crippen LogP contribution in [0.4, 0.5) is 0 Å². The first-order chi connectivity index (χ1) is 9.56. The summed E-state index contributed by atoms with van der Waals surface area (Å²) in [4.78, 5) is 19.3. The van der Waals surface area contributed by atoms with E-state index in [-0.39, 0.29) is 5.78 Å². The van der Waals surface area contributed by atoms with E-state index in [0.717, 1.165) is 29.2 Å². The van der Waals surface area contributed by atoms with E-state index in [1.54, 1.807) is 12.4 Å². The second-order valence-corrected chi connectivity index (χ2v) is 5.36. The predicted octanol–water partition coefficient (Wildman–Crippen LogP) is 3.54. The average Bonchev–Trinajstić information content (AvgIpc) is 2.48. The molecule has 0 aliphatic heterocycles. The first kappa shape index (κ1) is 14.7. The number of benzene rings is 1. The number of nitrogens with zero attached hydrogens (tertiary/aromatic N) is 2. The maximum absolute atomic E-state index is 13.1. The Morgan fingerprint density at radius 2 is 1.90 bits per heavy atom. The zero-order chi connectivity index (χ0) is 14.8. The lowest BCUT2D eigenvalue weighted by Gasteiger charge is -2.37. The number of rotatable bonds is 5. The van der Waals surface area contributed by atoms with Crippen LogP contribution < -0.4 is 0 Å². The normalized spacial score (nSPS) is 12.1. The Morgan fingerprint density at radius 3 is 2.50 bits per heavy atom. The van der Waals surface area contributed by atoms with Crippen LogP contribution in [0.25, 0.3) is 10.8 Å². The molecule has 1 heterocycles. The van der Waals surface area contributed by atoms with Crippen molar-refractivity contribution in [3.63, 3.8) is 0 Å². The van der Waals surface area contributed by atoms with Crippen molar-refractivity contribution in [1.82, 2.24) is 9.88 Å². The molecule has 3 nitrogen and oxygen atoms in total. The van der Waals surface area contributed by atoms with Crippen LogP contribution in [0.15, 0.2) is 36.7 Å². The summed E-state index contributed by atoms with van der Waals surface area (Å²) >= 11 is 0. The van der Waals surface area contributed by atoms with E-state index in [9.17, 15) is 4.79 Å². The standard InChI is InChI=1S/C17H22N2O/c1-5-17(6-2,19(3)4)16(20)14-9-7-8-13-10-11-18-12-15(13)14/h7-12H,5-6H2,1-4H3. The number of hydrogen-bond donors (Lipinski definition) is 0. The molecule has 3 heteroatoms. The fourth-order valence-electron chi connectivity index (χ4n) is 2.97. The van der Waals surface area contributed by atoms with Gasteiger partial charge in [-0.15, -0.1) is 0 Å². The topological polar surface area (TPSA) is 33.2 Å². The Morgan fingerprint density at radius 1 is 1.20 bits per heavy atom. The molecule has 0 spiro atoms. The summed E-state index contributed by atoms with van der Waals surface area (Å²) in [7, 11) is 3.96. The minimum absolute atomic E-state index is 0.186. The SMILES string of the molecule is CCC(CC)(C(=O)c1cccc2ccncc12)N(C)C. The van der Waals surface area contributed by atoms with E-state index in [0.29, 0.717) is 0 Å². The molecular formula is C17H22N2O. The molecule has 2 aromatic rings. The molecule has 0 atom stereocenters. The second kappa shape index (κ2) is 5.71. The number of fused-ring (bicyclic) bond motifs is 1. The van der Waals surface area contributed by atoms with Crippen molar-refractivity contribution in [2.75, 3.05) is 14.1 Å². The molecule has 0 fully saturated rings. The van der Waals surface area contributed by atoms with Gasteiger partial charge in [0, 0.05) is 23.3 Å². The minimum atomic E-state index is -0.440. The molecule has 0 saturated carbocycles. The quantitative estimate of drug-likeness (QED) is 0.779. The zero-order valence-corrected chi connectivity index (χ0v) is 12.7. The van der Waals surface area contributed by atoms with Gasteiger partial charge in [-0.1, -0.05) is 32.0 Å². The summed E-state index contributed by atoms with van der Waals surface area (Å²) in [6, 6.07) is 7.82. The van der Waals surface area contributed by atoms with Crippen LogP contribution in [0.3, 0.4) is 0 Å². The smallest absolute Gasteiger partial charge is 0.183 e. The van der Waals surface area contributed by atoms with Crippen molar-refractivity contribution in [3.05, 3.63) is 42.2 Å². The summed E-state index contributed by atoms with van der Waals surface area (Å²) in [5.74, 6) is 0.186. The second-order valence-electron chi connectivity index (χ2n) is 5.36. The summed E-state index contributed by atoms with van der Waals surface area (Å²) in [5, 5.41) is 2.00. The number of Topliss-reactive ketones (excluding diaryl/α,β-unsaturated/α-hetero) is 1. The fraction of sp³-hybridized carbons (Fsp3) is 0.412. The number of pyridine rings is 1. The van der Waals surface area contributed by atoms with Crippen molar-refractivity contribution in [2.24, 2.45) is 0 Å². The van der Waals surface area contributed by atoms with Crippen LogP contribution >= 0.6 is 0 Å². The first-order valence-corrected chi connectivity index (χ1v) is 7.11. The highest BCUT2D eigenvalue weighted by molar-refractivity contribution is 6.12. The molecular weight excluding hydrogens is 248 g/mol. The highest BCUT2D eigenvalue weighted by Gasteiger charge is 2.38. The minimum Gasteiger partial charge on any atom is -0.297 e. The summed E-state index contributed by atoms with van der Waals surface area (Å²) < 4.78 is 0. The van der Waals surface area contributed by atoms with Gasteiger partial charge in [0.25, 0.3) is 0 Å². The van der Waals surface area contributed by atoms with Crippen molar-refractivity contribution in [3.8, 4) is 0 Å². The van der Waals surface area contributed by atoms with Gasteiger partial charge in [0.05, 0.1) is 5.54 Å². The lowest BCUT2D eigenvalue weighted by atomic mass is 9.82. The Labute approximate surface area is 120 Å². The largest absolute Gasteiger partial charge is 0.297 e. The van der Waals surface area contributed by atoms with Gasteiger partial charge in [-0.25, -0.2) is 0 Å². The molecule has 0 unspecified atom stereocenters. The van der Waals surface area contributed by atoms with E-state index in [1.807, 2.05) is 43.3 Å². The summed E-state index contributed by atoms with van der Waals surface area (Å²) in [6.07, 6.45) is 5.14. The van der Waals surface area contributed by atoms with Gasteiger partial charge in [-0.2, -0.15) is 0 Å². The number of carbonyl (C=O) groups is 1. The molecule has 2 rings (SSSR count). The Hall–Kier alpha value is -1.74. The molecule has 106 valence electrons. The van der Waals surface area contributed by atoms with E-state index in [1.165, 1.54) is 0 Å². The number of likely N-dealkylation sites (N-methyl/N-ethyl adjacent to an activating group) is 1. The van der Waals surface area contributed by atoms with Crippen LogP contribution in [0.5, 0.6) is 0 Å². The Kier molecular flexibility index (Phi) is 4.19. The van der Waals surface area contributed by atoms with Crippen molar-refractivity contribution in [2.45, 2.75) is 32.2 Å². The lowest BCUT2D eigenvalue weighted by Crippen LogP contribution is -2.50. The number of ketones is 1. The average molecular weight is 270 g/mol. The molecule has 0 amide bonds. The van der Waals surface area contributed by atoms with E-state index >= 15 is 0 Å². The Balaban J connectivity index is 2.61. The molecule has 0 aliphatic rings. The van der Waals surface area contributed by atoms with Gasteiger partial charge in [0.15, 0.2) is 5.78 Å². The van der Waals surface area contributed by atoms with E-state index in [2.05, 4.69) is 18.8 Å². The maximum atomic E-state index is 13.1. The van der Waals surface area contributed by atoms with Gasteiger partial charge in [-0.05, 0) is 38.4 Å². The monoisotopic (exact) mass is 270 g/mol. The molecule has 0 bridgehead atoms. The predicted molar refractivity (Wildman–Crippen MR) is 83.1 cm³/mol. The Bertz CT molecular complexity index is 610. The van der Waals surface area contributed by atoms with Crippen LogP contribution in [-0.2, 0) is 0 Å². The highest BCUT2D eigenvalue weighted by atomic mass is 16.1. The lowest BCUT2D eigenvalue weighted by molar-refractivity contribution is 0.0658.